The van der Waals surface area contributed by atoms with Crippen LogP contribution in [-0.2, 0) is 5.88 Å². The molecule has 0 heterocycles. The van der Waals surface area contributed by atoms with E-state index < -0.39 is 0 Å². The molecule has 0 aliphatic rings. The van der Waals surface area contributed by atoms with Crippen LogP contribution >= 0.6 is 11.6 Å². The van der Waals surface area contributed by atoms with Gasteiger partial charge in [-0.25, -0.2) is 0 Å². The molecular weight excluding hydrogens is 152 g/mol. The van der Waals surface area contributed by atoms with Gasteiger partial charge in [-0.2, -0.15) is 0 Å². The highest BCUT2D eigenvalue weighted by molar-refractivity contribution is 6.17. The number of aromatic hydroxyl groups is 2. The van der Waals surface area contributed by atoms with Crippen molar-refractivity contribution in [2.45, 2.75) is 5.88 Å². The molecule has 10 heavy (non-hydrogen) atoms. The summed E-state index contributed by atoms with van der Waals surface area (Å²) in [6, 6.07) is 4.25. The van der Waals surface area contributed by atoms with Gasteiger partial charge in [-0.1, -0.05) is 0 Å². The van der Waals surface area contributed by atoms with Crippen LogP contribution in [0.25, 0.3) is 0 Å². The maximum atomic E-state index is 9.04. The molecule has 0 aliphatic heterocycles. The SMILES string of the molecule is Oc1ccc(O)c(CCl)c1. The van der Waals surface area contributed by atoms with Crippen molar-refractivity contribution < 1.29 is 10.2 Å². The lowest BCUT2D eigenvalue weighted by molar-refractivity contribution is 0.456. The second kappa shape index (κ2) is 2.80. The van der Waals surface area contributed by atoms with E-state index in [2.05, 4.69) is 0 Å². The summed E-state index contributed by atoms with van der Waals surface area (Å²) in [4.78, 5) is 0. The number of hydrogen-bond donors (Lipinski definition) is 2. The first-order chi connectivity index (χ1) is 4.74. The summed E-state index contributed by atoms with van der Waals surface area (Å²) in [6.45, 7) is 0. The number of phenolic OH excluding ortho intramolecular Hbond substituents is 2. The minimum Gasteiger partial charge on any atom is -0.508 e. The summed E-state index contributed by atoms with van der Waals surface area (Å²) >= 11 is 5.43. The zero-order chi connectivity index (χ0) is 7.56. The number of phenols is 2. The van der Waals surface area contributed by atoms with Crippen molar-refractivity contribution in [3.63, 3.8) is 0 Å². The Hall–Kier alpha value is -0.890. The summed E-state index contributed by atoms with van der Waals surface area (Å²) in [6.07, 6.45) is 0. The Bertz CT molecular complexity index is 235. The minimum atomic E-state index is 0.118. The molecule has 0 spiro atoms. The number of halogens is 1. The van der Waals surface area contributed by atoms with Crippen LogP contribution in [0.5, 0.6) is 11.5 Å². The van der Waals surface area contributed by atoms with Crippen LogP contribution in [0.4, 0.5) is 0 Å². The molecule has 0 unspecified atom stereocenters. The molecule has 0 aliphatic carbocycles. The second-order valence-corrected chi connectivity index (χ2v) is 2.21. The largest absolute Gasteiger partial charge is 0.508 e. The van der Waals surface area contributed by atoms with E-state index in [4.69, 9.17) is 21.8 Å². The van der Waals surface area contributed by atoms with Crippen molar-refractivity contribution in [3.8, 4) is 11.5 Å². The summed E-state index contributed by atoms with van der Waals surface area (Å²) in [5.41, 5.74) is 0.543. The topological polar surface area (TPSA) is 40.5 Å². The first-order valence-corrected chi connectivity index (χ1v) is 3.34. The predicted octanol–water partition coefficient (Wildman–Crippen LogP) is 1.84. The van der Waals surface area contributed by atoms with E-state index >= 15 is 0 Å². The molecule has 1 aromatic rings. The molecule has 54 valence electrons. The van der Waals surface area contributed by atoms with Crippen LogP contribution in [0.15, 0.2) is 18.2 Å². The van der Waals surface area contributed by atoms with Crippen molar-refractivity contribution in [2.75, 3.05) is 0 Å². The van der Waals surface area contributed by atoms with Gasteiger partial charge in [-0.3, -0.25) is 0 Å². The summed E-state index contributed by atoms with van der Waals surface area (Å²) in [5.74, 6) is 0.446. The highest BCUT2D eigenvalue weighted by Gasteiger charge is 1.98. The van der Waals surface area contributed by atoms with Crippen LogP contribution in [0, 0.1) is 0 Å². The number of alkyl halides is 1. The van der Waals surface area contributed by atoms with Crippen molar-refractivity contribution in [1.29, 1.82) is 0 Å². The van der Waals surface area contributed by atoms with Gasteiger partial charge in [-0.05, 0) is 18.2 Å². The lowest BCUT2D eigenvalue weighted by Gasteiger charge is -1.99. The molecule has 0 atom stereocenters. The quantitative estimate of drug-likeness (QED) is 0.484. The van der Waals surface area contributed by atoms with Gasteiger partial charge in [0.25, 0.3) is 0 Å². The number of benzene rings is 1. The Morgan fingerprint density at radius 2 is 2.00 bits per heavy atom. The van der Waals surface area contributed by atoms with E-state index in [-0.39, 0.29) is 17.4 Å². The van der Waals surface area contributed by atoms with Crippen LogP contribution in [0.2, 0.25) is 0 Å². The molecular formula is C7H7ClO2. The van der Waals surface area contributed by atoms with E-state index in [1.165, 1.54) is 18.2 Å². The molecule has 0 fully saturated rings. The maximum absolute atomic E-state index is 9.04. The highest BCUT2D eigenvalue weighted by Crippen LogP contribution is 2.22. The zero-order valence-corrected chi connectivity index (χ0v) is 5.97. The number of hydrogen-bond acceptors (Lipinski definition) is 2. The summed E-state index contributed by atoms with van der Waals surface area (Å²) in [7, 11) is 0. The second-order valence-electron chi connectivity index (χ2n) is 1.95. The highest BCUT2D eigenvalue weighted by atomic mass is 35.5. The van der Waals surface area contributed by atoms with Gasteiger partial charge >= 0.3 is 0 Å². The van der Waals surface area contributed by atoms with Gasteiger partial charge in [0.2, 0.25) is 0 Å². The van der Waals surface area contributed by atoms with Crippen LogP contribution in [0.1, 0.15) is 5.56 Å². The van der Waals surface area contributed by atoms with Gasteiger partial charge in [0, 0.05) is 5.56 Å². The van der Waals surface area contributed by atoms with Crippen molar-refractivity contribution in [2.24, 2.45) is 0 Å². The third kappa shape index (κ3) is 1.33. The minimum absolute atomic E-state index is 0.118. The monoisotopic (exact) mass is 158 g/mol. The molecule has 0 amide bonds. The summed E-state index contributed by atoms with van der Waals surface area (Å²) in [5, 5.41) is 17.9. The molecule has 3 heteroatoms. The lowest BCUT2D eigenvalue weighted by Crippen LogP contribution is -1.77. The fourth-order valence-corrected chi connectivity index (χ4v) is 0.893. The van der Waals surface area contributed by atoms with Gasteiger partial charge in [0.05, 0.1) is 5.88 Å². The van der Waals surface area contributed by atoms with E-state index in [0.717, 1.165) is 0 Å². The third-order valence-electron chi connectivity index (χ3n) is 1.21. The first kappa shape index (κ1) is 7.22. The van der Waals surface area contributed by atoms with Crippen molar-refractivity contribution >= 4 is 11.6 Å². The normalized spacial score (nSPS) is 9.70. The number of rotatable bonds is 1. The molecule has 1 rings (SSSR count). The van der Waals surface area contributed by atoms with Gasteiger partial charge in [0.15, 0.2) is 0 Å². The zero-order valence-electron chi connectivity index (χ0n) is 5.21. The molecule has 0 aromatic heterocycles. The van der Waals surface area contributed by atoms with E-state index in [1.807, 2.05) is 0 Å². The van der Waals surface area contributed by atoms with Crippen molar-refractivity contribution in [3.05, 3.63) is 23.8 Å². The third-order valence-corrected chi connectivity index (χ3v) is 1.49. The Kier molecular flexibility index (Phi) is 2.02. The maximum Gasteiger partial charge on any atom is 0.120 e. The van der Waals surface area contributed by atoms with Gasteiger partial charge < -0.3 is 10.2 Å². The van der Waals surface area contributed by atoms with E-state index in [9.17, 15) is 0 Å². The predicted molar refractivity (Wildman–Crippen MR) is 39.3 cm³/mol. The fraction of sp³-hybridized carbons (Fsp3) is 0.143. The van der Waals surface area contributed by atoms with Crippen LogP contribution in [0.3, 0.4) is 0 Å². The van der Waals surface area contributed by atoms with Crippen molar-refractivity contribution in [1.82, 2.24) is 0 Å². The molecule has 0 saturated heterocycles. The van der Waals surface area contributed by atoms with Crippen LogP contribution in [-0.4, -0.2) is 10.2 Å². The molecule has 0 bridgehead atoms. The fourth-order valence-electron chi connectivity index (χ4n) is 0.679. The molecule has 0 radical (unpaired) electrons. The average Bonchev–Trinajstić information content (AvgIpc) is 1.94. The van der Waals surface area contributed by atoms with Crippen LogP contribution < -0.4 is 0 Å². The van der Waals surface area contributed by atoms with Gasteiger partial charge in [-0.15, -0.1) is 11.6 Å². The van der Waals surface area contributed by atoms with E-state index in [0.29, 0.717) is 5.56 Å². The molecule has 1 aromatic carbocycles. The molecule has 0 saturated carbocycles. The Balaban J connectivity index is 3.09. The Labute approximate surface area is 63.7 Å². The van der Waals surface area contributed by atoms with Gasteiger partial charge in [0.1, 0.15) is 11.5 Å². The Morgan fingerprint density at radius 1 is 1.30 bits per heavy atom. The first-order valence-electron chi connectivity index (χ1n) is 2.81. The molecule has 2 nitrogen and oxygen atoms in total. The summed E-state index contributed by atoms with van der Waals surface area (Å²) < 4.78 is 0. The average molecular weight is 159 g/mol. The lowest BCUT2D eigenvalue weighted by atomic mass is 10.2. The smallest absolute Gasteiger partial charge is 0.120 e. The van der Waals surface area contributed by atoms with E-state index in [1.54, 1.807) is 0 Å². The molecule has 2 N–H and O–H groups in total. The standard InChI is InChI=1S/C7H7ClO2/c8-4-5-3-6(9)1-2-7(5)10/h1-3,9-10H,4H2. The Morgan fingerprint density at radius 3 is 2.50 bits per heavy atom.